The van der Waals surface area contributed by atoms with E-state index in [1.807, 2.05) is 19.2 Å². The van der Waals surface area contributed by atoms with Crippen LogP contribution in [0, 0.1) is 0 Å². The van der Waals surface area contributed by atoms with Crippen molar-refractivity contribution < 1.29 is 13.2 Å². The second kappa shape index (κ2) is 6.75. The Balaban J connectivity index is 2.09. The van der Waals surface area contributed by atoms with Gasteiger partial charge in [-0.15, -0.1) is 11.3 Å². The van der Waals surface area contributed by atoms with E-state index in [0.29, 0.717) is 30.5 Å². The molecule has 0 atom stereocenters. The van der Waals surface area contributed by atoms with Crippen molar-refractivity contribution in [2.75, 3.05) is 26.2 Å². The third-order valence-electron chi connectivity index (χ3n) is 3.37. The molecule has 1 aliphatic rings. The molecular formula is C14H24N2O3S2. The molecule has 0 unspecified atom stereocenters. The molecule has 7 heteroatoms. The van der Waals surface area contributed by atoms with Gasteiger partial charge in [0, 0.05) is 19.6 Å². The Labute approximate surface area is 131 Å². The van der Waals surface area contributed by atoms with Gasteiger partial charge in [-0.25, -0.2) is 8.42 Å². The molecular weight excluding hydrogens is 308 g/mol. The molecule has 1 fully saturated rings. The highest BCUT2D eigenvalue weighted by molar-refractivity contribution is 7.91. The Morgan fingerprint density at radius 3 is 2.90 bits per heavy atom. The minimum absolute atomic E-state index is 0.399. The van der Waals surface area contributed by atoms with Crippen LogP contribution in [0.25, 0.3) is 0 Å². The molecule has 2 rings (SSSR count). The summed E-state index contributed by atoms with van der Waals surface area (Å²) < 4.78 is 32.9. The maximum Gasteiger partial charge on any atom is 0.252 e. The first kappa shape index (κ1) is 16.9. The summed E-state index contributed by atoms with van der Waals surface area (Å²) in [5, 5.41) is 5.20. The zero-order valence-electron chi connectivity index (χ0n) is 12.9. The van der Waals surface area contributed by atoms with E-state index in [4.69, 9.17) is 4.74 Å². The number of rotatable bonds is 6. The Hall–Kier alpha value is -0.470. The molecule has 1 aromatic rings. The van der Waals surface area contributed by atoms with Crippen molar-refractivity contribution >= 4 is 21.4 Å². The number of hydrogen-bond acceptors (Lipinski definition) is 5. The summed E-state index contributed by atoms with van der Waals surface area (Å²) in [5.41, 5.74) is 0.605. The lowest BCUT2D eigenvalue weighted by Crippen LogP contribution is -2.50. The second-order valence-corrected chi connectivity index (χ2v) is 8.97. The normalized spacial score (nSPS) is 19.8. The van der Waals surface area contributed by atoms with Crippen molar-refractivity contribution in [3.8, 4) is 0 Å². The molecule has 0 bridgehead atoms. The summed E-state index contributed by atoms with van der Waals surface area (Å²) in [6.45, 7) is 8.87. The van der Waals surface area contributed by atoms with Crippen LogP contribution >= 0.6 is 11.3 Å². The molecule has 1 N–H and O–H groups in total. The monoisotopic (exact) mass is 332 g/mol. The molecule has 21 heavy (non-hydrogen) atoms. The highest BCUT2D eigenvalue weighted by atomic mass is 32.2. The summed E-state index contributed by atoms with van der Waals surface area (Å²) >= 11 is 1.30. The Morgan fingerprint density at radius 2 is 2.24 bits per heavy atom. The molecule has 5 nitrogen and oxygen atoms in total. The zero-order valence-corrected chi connectivity index (χ0v) is 14.5. The Kier molecular flexibility index (Phi) is 5.43. The molecule has 1 saturated heterocycles. The van der Waals surface area contributed by atoms with E-state index >= 15 is 0 Å². The van der Waals surface area contributed by atoms with Gasteiger partial charge >= 0.3 is 0 Å². The highest BCUT2D eigenvalue weighted by Crippen LogP contribution is 2.27. The number of nitrogens with zero attached hydrogens (tertiary/aromatic N) is 1. The summed E-state index contributed by atoms with van der Waals surface area (Å²) in [6, 6.07) is 1.78. The molecule has 0 aliphatic carbocycles. The number of thiophene rings is 1. The van der Waals surface area contributed by atoms with E-state index < -0.39 is 15.6 Å². The molecule has 2 heterocycles. The lowest BCUT2D eigenvalue weighted by atomic mass is 10.1. The van der Waals surface area contributed by atoms with Gasteiger partial charge in [-0.05, 0) is 43.8 Å². The zero-order chi connectivity index (χ0) is 15.5. The predicted octanol–water partition coefficient (Wildman–Crippen LogP) is 2.05. The quantitative estimate of drug-likeness (QED) is 0.810. The van der Waals surface area contributed by atoms with E-state index in [9.17, 15) is 8.42 Å². The summed E-state index contributed by atoms with van der Waals surface area (Å²) in [5.74, 6) is 0. The van der Waals surface area contributed by atoms with E-state index in [0.717, 1.165) is 18.5 Å². The van der Waals surface area contributed by atoms with Crippen molar-refractivity contribution in [3.05, 3.63) is 17.0 Å². The third kappa shape index (κ3) is 4.26. The van der Waals surface area contributed by atoms with Crippen LogP contribution in [0.3, 0.4) is 0 Å². The minimum atomic E-state index is -3.40. The molecule has 0 amide bonds. The van der Waals surface area contributed by atoms with Crippen LogP contribution in [0.15, 0.2) is 15.7 Å². The van der Waals surface area contributed by atoms with Gasteiger partial charge in [-0.1, -0.05) is 6.92 Å². The SMILES string of the molecule is CCCNCc1csc(S(=O)(=O)N2CCOC(C)(C)C2)c1. The first-order valence-corrected chi connectivity index (χ1v) is 9.59. The Bertz CT molecular complexity index is 567. The largest absolute Gasteiger partial charge is 0.373 e. The van der Waals surface area contributed by atoms with Crippen molar-refractivity contribution in [1.82, 2.24) is 9.62 Å². The van der Waals surface area contributed by atoms with Gasteiger partial charge in [0.2, 0.25) is 0 Å². The molecule has 120 valence electrons. The van der Waals surface area contributed by atoms with E-state index in [2.05, 4.69) is 12.2 Å². The van der Waals surface area contributed by atoms with Gasteiger partial charge in [0.1, 0.15) is 4.21 Å². The van der Waals surface area contributed by atoms with Gasteiger partial charge in [-0.3, -0.25) is 0 Å². The molecule has 0 saturated carbocycles. The number of hydrogen-bond donors (Lipinski definition) is 1. The first-order chi connectivity index (χ1) is 9.85. The van der Waals surface area contributed by atoms with Gasteiger partial charge in [0.15, 0.2) is 0 Å². The standard InChI is InChI=1S/C14H24N2O3S2/c1-4-5-15-9-12-8-13(20-10-12)21(17,18)16-6-7-19-14(2,3)11-16/h8,10,15H,4-7,9,11H2,1-3H3. The smallest absolute Gasteiger partial charge is 0.252 e. The van der Waals surface area contributed by atoms with Crippen molar-refractivity contribution in [2.45, 2.75) is 43.5 Å². The fourth-order valence-corrected chi connectivity index (χ4v) is 5.23. The summed E-state index contributed by atoms with van der Waals surface area (Å²) in [4.78, 5) is 0. The van der Waals surface area contributed by atoms with Gasteiger partial charge in [0.25, 0.3) is 10.0 Å². The van der Waals surface area contributed by atoms with Crippen LogP contribution in [-0.4, -0.2) is 44.6 Å². The highest BCUT2D eigenvalue weighted by Gasteiger charge is 2.35. The molecule has 0 radical (unpaired) electrons. The first-order valence-electron chi connectivity index (χ1n) is 7.27. The van der Waals surface area contributed by atoms with Crippen LogP contribution in [0.2, 0.25) is 0 Å². The maximum absolute atomic E-state index is 12.7. The van der Waals surface area contributed by atoms with E-state index in [1.165, 1.54) is 15.6 Å². The lowest BCUT2D eigenvalue weighted by Gasteiger charge is -2.37. The number of morpholine rings is 1. The van der Waals surface area contributed by atoms with E-state index in [1.54, 1.807) is 6.07 Å². The van der Waals surface area contributed by atoms with Crippen LogP contribution in [0.5, 0.6) is 0 Å². The average Bonchev–Trinajstić information content (AvgIpc) is 2.87. The second-order valence-electron chi connectivity index (χ2n) is 5.90. The third-order valence-corrected chi connectivity index (χ3v) is 6.68. The van der Waals surface area contributed by atoms with E-state index in [-0.39, 0.29) is 0 Å². The molecule has 0 spiro atoms. The van der Waals surface area contributed by atoms with Crippen LogP contribution in [0.1, 0.15) is 32.8 Å². The van der Waals surface area contributed by atoms with Crippen molar-refractivity contribution in [3.63, 3.8) is 0 Å². The van der Waals surface area contributed by atoms with Gasteiger partial charge in [0.05, 0.1) is 12.2 Å². The predicted molar refractivity (Wildman–Crippen MR) is 85.1 cm³/mol. The lowest BCUT2D eigenvalue weighted by molar-refractivity contribution is -0.0639. The van der Waals surface area contributed by atoms with Crippen molar-refractivity contribution in [2.24, 2.45) is 0 Å². The average molecular weight is 332 g/mol. The number of nitrogens with one attached hydrogen (secondary N) is 1. The van der Waals surface area contributed by atoms with Gasteiger partial charge < -0.3 is 10.1 Å². The van der Waals surface area contributed by atoms with Crippen LogP contribution in [-0.2, 0) is 21.3 Å². The summed E-state index contributed by atoms with van der Waals surface area (Å²) in [6.07, 6.45) is 1.07. The fourth-order valence-electron chi connectivity index (χ4n) is 2.30. The van der Waals surface area contributed by atoms with Crippen LogP contribution in [0.4, 0.5) is 0 Å². The molecule has 1 aliphatic heterocycles. The fraction of sp³-hybridized carbons (Fsp3) is 0.714. The van der Waals surface area contributed by atoms with Crippen LogP contribution < -0.4 is 5.32 Å². The van der Waals surface area contributed by atoms with Gasteiger partial charge in [-0.2, -0.15) is 4.31 Å². The molecule has 1 aromatic heterocycles. The summed E-state index contributed by atoms with van der Waals surface area (Å²) in [7, 11) is -3.40. The Morgan fingerprint density at radius 1 is 1.48 bits per heavy atom. The van der Waals surface area contributed by atoms with Crippen molar-refractivity contribution in [1.29, 1.82) is 0 Å². The minimum Gasteiger partial charge on any atom is -0.373 e. The number of sulfonamides is 1. The topological polar surface area (TPSA) is 58.6 Å². The number of ether oxygens (including phenoxy) is 1. The maximum atomic E-state index is 12.7. The molecule has 0 aromatic carbocycles.